The van der Waals surface area contributed by atoms with Crippen molar-refractivity contribution in [3.05, 3.63) is 83.4 Å². The third-order valence-electron chi connectivity index (χ3n) is 6.29. The molecule has 0 bridgehead atoms. The van der Waals surface area contributed by atoms with Crippen LogP contribution >= 0.6 is 0 Å². The minimum absolute atomic E-state index is 0.0117. The summed E-state index contributed by atoms with van der Waals surface area (Å²) in [7, 11) is 3.38. The Morgan fingerprint density at radius 1 is 0.829 bits per heavy atom. The predicted molar refractivity (Wildman–Crippen MR) is 139 cm³/mol. The molecular weight excluding hydrogens is 440 g/mol. The number of benzene rings is 3. The van der Waals surface area contributed by atoms with Gasteiger partial charge in [0.1, 0.15) is 6.61 Å². The quantitative estimate of drug-likeness (QED) is 0.441. The topological polar surface area (TPSA) is 52.2 Å². The molecule has 6 nitrogen and oxygen atoms in total. The van der Waals surface area contributed by atoms with Crippen LogP contribution in [0.1, 0.15) is 36.1 Å². The van der Waals surface area contributed by atoms with Gasteiger partial charge in [-0.15, -0.1) is 0 Å². The van der Waals surface area contributed by atoms with Crippen LogP contribution in [0.25, 0.3) is 0 Å². The van der Waals surface area contributed by atoms with E-state index in [1.165, 1.54) is 0 Å². The number of rotatable bonds is 10. The molecule has 0 radical (unpaired) electrons. The van der Waals surface area contributed by atoms with Crippen LogP contribution in [0.3, 0.4) is 0 Å². The monoisotopic (exact) mass is 476 g/mol. The molecule has 0 aliphatic carbocycles. The summed E-state index contributed by atoms with van der Waals surface area (Å²) >= 11 is 0. The van der Waals surface area contributed by atoms with Gasteiger partial charge in [-0.3, -0.25) is 4.90 Å². The predicted octanol–water partition coefficient (Wildman–Crippen LogP) is 5.07. The first kappa shape index (κ1) is 24.9. The fourth-order valence-corrected chi connectivity index (χ4v) is 4.66. The summed E-state index contributed by atoms with van der Waals surface area (Å²) in [6, 6.07) is 22.6. The number of hydrogen-bond donors (Lipinski definition) is 1. The Balaban J connectivity index is 1.73. The van der Waals surface area contributed by atoms with Crippen molar-refractivity contribution in [1.82, 2.24) is 10.2 Å². The molecule has 35 heavy (non-hydrogen) atoms. The molecule has 3 aromatic carbocycles. The molecule has 1 fully saturated rings. The molecule has 4 rings (SSSR count). The van der Waals surface area contributed by atoms with E-state index in [1.54, 1.807) is 14.2 Å². The van der Waals surface area contributed by atoms with Gasteiger partial charge in [0.05, 0.1) is 26.9 Å². The summed E-state index contributed by atoms with van der Waals surface area (Å²) in [6.45, 7) is 6.93. The van der Waals surface area contributed by atoms with E-state index >= 15 is 0 Å². The van der Waals surface area contributed by atoms with Crippen molar-refractivity contribution in [3.63, 3.8) is 0 Å². The summed E-state index contributed by atoms with van der Waals surface area (Å²) in [5, 5.41) is 3.52. The van der Waals surface area contributed by atoms with Crippen molar-refractivity contribution in [1.29, 1.82) is 0 Å². The van der Waals surface area contributed by atoms with Gasteiger partial charge in [-0.2, -0.15) is 0 Å². The molecule has 1 aliphatic heterocycles. The van der Waals surface area contributed by atoms with Gasteiger partial charge in [0, 0.05) is 25.2 Å². The summed E-state index contributed by atoms with van der Waals surface area (Å²) < 4.78 is 23.7. The lowest BCUT2D eigenvalue weighted by atomic mass is 9.95. The number of para-hydroxylation sites is 1. The van der Waals surface area contributed by atoms with E-state index in [2.05, 4.69) is 40.5 Å². The Labute approximate surface area is 208 Å². The Morgan fingerprint density at radius 2 is 1.69 bits per heavy atom. The Hall–Kier alpha value is -3.22. The third kappa shape index (κ3) is 6.08. The Morgan fingerprint density at radius 3 is 2.46 bits per heavy atom. The maximum atomic E-state index is 6.17. The molecule has 186 valence electrons. The van der Waals surface area contributed by atoms with Crippen molar-refractivity contribution in [2.75, 3.05) is 47.0 Å². The number of ether oxygens (including phenoxy) is 4. The maximum absolute atomic E-state index is 6.17. The average Bonchev–Trinajstić information content (AvgIpc) is 3.18. The van der Waals surface area contributed by atoms with E-state index in [9.17, 15) is 0 Å². The SMILES string of the molecule is CCOc1cc(C(c2cccc(OC)c2OC)N2CCCNCC2)ccc1OCc1ccccc1. The van der Waals surface area contributed by atoms with Gasteiger partial charge in [-0.25, -0.2) is 0 Å². The highest BCUT2D eigenvalue weighted by atomic mass is 16.5. The van der Waals surface area contributed by atoms with Gasteiger partial charge in [-0.05, 0) is 49.2 Å². The highest BCUT2D eigenvalue weighted by Crippen LogP contribution is 2.42. The summed E-state index contributed by atoms with van der Waals surface area (Å²) in [5.74, 6) is 2.99. The Kier molecular flexibility index (Phi) is 8.87. The first-order valence-corrected chi connectivity index (χ1v) is 12.3. The molecule has 1 unspecified atom stereocenters. The molecule has 0 aromatic heterocycles. The van der Waals surface area contributed by atoms with E-state index in [0.29, 0.717) is 13.2 Å². The van der Waals surface area contributed by atoms with E-state index in [0.717, 1.165) is 72.3 Å². The second-order valence-corrected chi connectivity index (χ2v) is 8.54. The second kappa shape index (κ2) is 12.5. The lowest BCUT2D eigenvalue weighted by molar-refractivity contribution is 0.232. The van der Waals surface area contributed by atoms with Crippen LogP contribution in [-0.2, 0) is 6.61 Å². The molecule has 1 aliphatic rings. The fraction of sp³-hybridized carbons (Fsp3) is 0.379. The molecular formula is C29H36N2O4. The van der Waals surface area contributed by atoms with E-state index < -0.39 is 0 Å². The van der Waals surface area contributed by atoms with Gasteiger partial charge >= 0.3 is 0 Å². The van der Waals surface area contributed by atoms with Crippen molar-refractivity contribution < 1.29 is 18.9 Å². The maximum Gasteiger partial charge on any atom is 0.165 e. The lowest BCUT2D eigenvalue weighted by Gasteiger charge is -2.33. The van der Waals surface area contributed by atoms with Gasteiger partial charge in [0.2, 0.25) is 0 Å². The first-order chi connectivity index (χ1) is 17.2. The molecule has 0 saturated carbocycles. The van der Waals surface area contributed by atoms with E-state index in [-0.39, 0.29) is 6.04 Å². The highest BCUT2D eigenvalue weighted by Gasteiger charge is 2.28. The van der Waals surface area contributed by atoms with Crippen molar-refractivity contribution in [2.45, 2.75) is 26.0 Å². The third-order valence-corrected chi connectivity index (χ3v) is 6.29. The van der Waals surface area contributed by atoms with Crippen molar-refractivity contribution in [2.24, 2.45) is 0 Å². The molecule has 0 amide bonds. The van der Waals surface area contributed by atoms with Crippen LogP contribution < -0.4 is 24.3 Å². The zero-order chi connectivity index (χ0) is 24.5. The van der Waals surface area contributed by atoms with Crippen LogP contribution in [-0.4, -0.2) is 51.9 Å². The van der Waals surface area contributed by atoms with Gasteiger partial charge < -0.3 is 24.3 Å². The standard InChI is InChI=1S/C29H36N2O4/c1-4-34-27-20-23(14-15-25(27)35-21-22-10-6-5-7-11-22)28(31-18-9-16-30-17-19-31)24-12-8-13-26(32-2)29(24)33-3/h5-8,10-15,20,28,30H,4,9,16-19,21H2,1-3H3. The molecule has 1 saturated heterocycles. The zero-order valence-electron chi connectivity index (χ0n) is 21.0. The zero-order valence-corrected chi connectivity index (χ0v) is 21.0. The Bertz CT molecular complexity index is 1070. The summed E-state index contributed by atoms with van der Waals surface area (Å²) in [4.78, 5) is 2.51. The number of hydrogen-bond acceptors (Lipinski definition) is 6. The van der Waals surface area contributed by atoms with E-state index in [4.69, 9.17) is 18.9 Å². The number of methoxy groups -OCH3 is 2. The lowest BCUT2D eigenvalue weighted by Crippen LogP contribution is -2.33. The normalized spacial score (nSPS) is 15.2. The number of nitrogens with zero attached hydrogens (tertiary/aromatic N) is 1. The molecule has 6 heteroatoms. The van der Waals surface area contributed by atoms with Crippen LogP contribution in [0.15, 0.2) is 66.7 Å². The minimum Gasteiger partial charge on any atom is -0.493 e. The summed E-state index contributed by atoms with van der Waals surface area (Å²) in [5.41, 5.74) is 3.33. The first-order valence-electron chi connectivity index (χ1n) is 12.3. The largest absolute Gasteiger partial charge is 0.493 e. The van der Waals surface area contributed by atoms with Crippen LogP contribution in [0.5, 0.6) is 23.0 Å². The molecule has 3 aromatic rings. The average molecular weight is 477 g/mol. The smallest absolute Gasteiger partial charge is 0.165 e. The fourth-order valence-electron chi connectivity index (χ4n) is 4.66. The molecule has 1 heterocycles. The van der Waals surface area contributed by atoms with Gasteiger partial charge in [-0.1, -0.05) is 48.5 Å². The van der Waals surface area contributed by atoms with Gasteiger partial charge in [0.25, 0.3) is 0 Å². The van der Waals surface area contributed by atoms with Crippen molar-refractivity contribution in [3.8, 4) is 23.0 Å². The molecule has 1 atom stereocenters. The van der Waals surface area contributed by atoms with Crippen LogP contribution in [0.2, 0.25) is 0 Å². The highest BCUT2D eigenvalue weighted by molar-refractivity contribution is 5.53. The van der Waals surface area contributed by atoms with Crippen molar-refractivity contribution >= 4 is 0 Å². The summed E-state index contributed by atoms with van der Waals surface area (Å²) in [6.07, 6.45) is 1.08. The van der Waals surface area contributed by atoms with E-state index in [1.807, 2.05) is 43.3 Å². The number of nitrogens with one attached hydrogen (secondary N) is 1. The van der Waals surface area contributed by atoms with Crippen LogP contribution in [0.4, 0.5) is 0 Å². The minimum atomic E-state index is -0.0117. The van der Waals surface area contributed by atoms with Crippen LogP contribution in [0, 0.1) is 0 Å². The van der Waals surface area contributed by atoms with Gasteiger partial charge in [0.15, 0.2) is 23.0 Å². The molecule has 0 spiro atoms. The second-order valence-electron chi connectivity index (χ2n) is 8.54. The molecule has 1 N–H and O–H groups in total.